The van der Waals surface area contributed by atoms with E-state index in [0.717, 1.165) is 16.8 Å². The summed E-state index contributed by atoms with van der Waals surface area (Å²) in [7, 11) is -4.02. The molecule has 2 heterocycles. The van der Waals surface area contributed by atoms with Gasteiger partial charge in [-0.2, -0.15) is 5.10 Å². The van der Waals surface area contributed by atoms with Crippen molar-refractivity contribution in [2.75, 3.05) is 0 Å². The standard InChI is InChI=1S/C29H21ClN4O2S/c1-20-11-13-21(14-12-20)28-25(19-33(32-28)23-7-3-2-4-8-23)29-31-26-9-5-6-10-27(26)34(29)37(35,36)24-17-15-22(30)16-18-24/h2-19H,1H3. The lowest BCUT2D eigenvalue weighted by Crippen LogP contribution is -2.14. The first-order valence-corrected chi connectivity index (χ1v) is 13.4. The summed E-state index contributed by atoms with van der Waals surface area (Å²) >= 11 is 6.04. The molecule has 0 aliphatic carbocycles. The van der Waals surface area contributed by atoms with Crippen LogP contribution in [0.1, 0.15) is 5.56 Å². The van der Waals surface area contributed by atoms with Crippen molar-refractivity contribution in [2.24, 2.45) is 0 Å². The van der Waals surface area contributed by atoms with E-state index in [2.05, 4.69) is 0 Å². The van der Waals surface area contributed by atoms with Crippen molar-refractivity contribution in [3.63, 3.8) is 0 Å². The lowest BCUT2D eigenvalue weighted by Gasteiger charge is -2.11. The molecular weight excluding hydrogens is 504 g/mol. The van der Waals surface area contributed by atoms with Gasteiger partial charge in [0.2, 0.25) is 0 Å². The van der Waals surface area contributed by atoms with Crippen LogP contribution in [0.4, 0.5) is 0 Å². The predicted octanol–water partition coefficient (Wildman–Crippen LogP) is 6.75. The Morgan fingerprint density at radius 2 is 1.46 bits per heavy atom. The van der Waals surface area contributed by atoms with Crippen LogP contribution in [0.15, 0.2) is 114 Å². The molecule has 0 aliphatic rings. The zero-order valence-electron chi connectivity index (χ0n) is 19.8. The van der Waals surface area contributed by atoms with E-state index in [-0.39, 0.29) is 10.7 Å². The number of halogens is 1. The number of aryl methyl sites for hydroxylation is 1. The van der Waals surface area contributed by atoms with Crippen molar-refractivity contribution >= 4 is 32.7 Å². The molecule has 0 spiro atoms. The van der Waals surface area contributed by atoms with Crippen molar-refractivity contribution in [1.82, 2.24) is 18.7 Å². The highest BCUT2D eigenvalue weighted by Gasteiger charge is 2.28. The van der Waals surface area contributed by atoms with Gasteiger partial charge in [0.1, 0.15) is 5.69 Å². The van der Waals surface area contributed by atoms with E-state index < -0.39 is 10.0 Å². The van der Waals surface area contributed by atoms with Crippen LogP contribution < -0.4 is 0 Å². The highest BCUT2D eigenvalue weighted by molar-refractivity contribution is 7.90. The quantitative estimate of drug-likeness (QED) is 0.250. The molecule has 0 saturated carbocycles. The second-order valence-electron chi connectivity index (χ2n) is 8.69. The van der Waals surface area contributed by atoms with E-state index in [0.29, 0.717) is 27.3 Å². The number of aromatic nitrogens is 4. The van der Waals surface area contributed by atoms with Crippen molar-refractivity contribution in [2.45, 2.75) is 11.8 Å². The fourth-order valence-corrected chi connectivity index (χ4v) is 5.90. The molecule has 6 aromatic rings. The topological polar surface area (TPSA) is 69.8 Å². The van der Waals surface area contributed by atoms with Crippen LogP contribution in [0.5, 0.6) is 0 Å². The Bertz CT molecular complexity index is 1840. The molecule has 8 heteroatoms. The lowest BCUT2D eigenvalue weighted by molar-refractivity contribution is 0.589. The molecule has 182 valence electrons. The Hall–Kier alpha value is -4.20. The lowest BCUT2D eigenvalue weighted by atomic mass is 10.1. The number of hydrogen-bond acceptors (Lipinski definition) is 4. The summed E-state index contributed by atoms with van der Waals surface area (Å²) in [6.07, 6.45) is 1.83. The SMILES string of the molecule is Cc1ccc(-c2nn(-c3ccccc3)cc2-c2nc3ccccc3n2S(=O)(=O)c2ccc(Cl)cc2)cc1. The van der Waals surface area contributed by atoms with E-state index in [1.54, 1.807) is 35.0 Å². The summed E-state index contributed by atoms with van der Waals surface area (Å²) < 4.78 is 31.1. The van der Waals surface area contributed by atoms with Gasteiger partial charge >= 0.3 is 0 Å². The highest BCUT2D eigenvalue weighted by atomic mass is 35.5. The van der Waals surface area contributed by atoms with Crippen LogP contribution >= 0.6 is 11.6 Å². The summed E-state index contributed by atoms with van der Waals surface area (Å²) in [6.45, 7) is 2.02. The molecular formula is C29H21ClN4O2S. The monoisotopic (exact) mass is 524 g/mol. The molecule has 2 aromatic heterocycles. The number of para-hydroxylation sites is 3. The molecule has 0 saturated heterocycles. The largest absolute Gasteiger partial charge is 0.269 e. The average Bonchev–Trinajstić information content (AvgIpc) is 3.52. The molecule has 0 aliphatic heterocycles. The third-order valence-corrected chi connectivity index (χ3v) is 8.14. The van der Waals surface area contributed by atoms with Gasteiger partial charge in [-0.25, -0.2) is 22.1 Å². The minimum Gasteiger partial charge on any atom is -0.240 e. The number of benzene rings is 4. The fourth-order valence-electron chi connectivity index (χ4n) is 4.30. The maximum Gasteiger partial charge on any atom is 0.269 e. The maximum atomic E-state index is 14.0. The van der Waals surface area contributed by atoms with Gasteiger partial charge in [0.15, 0.2) is 5.82 Å². The van der Waals surface area contributed by atoms with Gasteiger partial charge < -0.3 is 0 Å². The van der Waals surface area contributed by atoms with Crippen LogP contribution in [0.3, 0.4) is 0 Å². The van der Waals surface area contributed by atoms with Crippen LogP contribution in [0.2, 0.25) is 5.02 Å². The molecule has 4 aromatic carbocycles. The molecule has 0 fully saturated rings. The first kappa shape index (κ1) is 23.2. The van der Waals surface area contributed by atoms with Gasteiger partial charge in [-0.3, -0.25) is 0 Å². The molecule has 0 atom stereocenters. The minimum atomic E-state index is -4.02. The molecule has 0 radical (unpaired) electrons. The molecule has 0 unspecified atom stereocenters. The fraction of sp³-hybridized carbons (Fsp3) is 0.0345. The summed E-state index contributed by atoms with van der Waals surface area (Å²) in [5.74, 6) is 0.286. The van der Waals surface area contributed by atoms with Gasteiger partial charge in [-0.05, 0) is 55.5 Å². The van der Waals surface area contributed by atoms with Crippen LogP contribution in [-0.2, 0) is 10.0 Å². The van der Waals surface area contributed by atoms with E-state index in [9.17, 15) is 8.42 Å². The number of rotatable bonds is 5. The van der Waals surface area contributed by atoms with Crippen LogP contribution in [0, 0.1) is 6.92 Å². The molecule has 0 amide bonds. The summed E-state index contributed by atoms with van der Waals surface area (Å²) in [6, 6.07) is 31.0. The predicted molar refractivity (Wildman–Crippen MR) is 146 cm³/mol. The zero-order chi connectivity index (χ0) is 25.6. The maximum absolute atomic E-state index is 14.0. The van der Waals surface area contributed by atoms with Gasteiger partial charge in [-0.1, -0.05) is 71.8 Å². The van der Waals surface area contributed by atoms with Gasteiger partial charge in [0, 0.05) is 16.8 Å². The van der Waals surface area contributed by atoms with Crippen molar-refractivity contribution < 1.29 is 8.42 Å². The first-order valence-electron chi connectivity index (χ1n) is 11.6. The Kier molecular flexibility index (Phi) is 5.67. The average molecular weight is 525 g/mol. The van der Waals surface area contributed by atoms with Crippen molar-refractivity contribution in [1.29, 1.82) is 0 Å². The summed E-state index contributed by atoms with van der Waals surface area (Å²) in [4.78, 5) is 4.93. The molecule has 37 heavy (non-hydrogen) atoms. The normalized spacial score (nSPS) is 11.7. The Labute approximate surface area is 219 Å². The first-order chi connectivity index (χ1) is 17.9. The smallest absolute Gasteiger partial charge is 0.240 e. The Morgan fingerprint density at radius 3 is 2.19 bits per heavy atom. The highest BCUT2D eigenvalue weighted by Crippen LogP contribution is 2.36. The minimum absolute atomic E-state index is 0.119. The number of fused-ring (bicyclic) bond motifs is 1. The van der Waals surface area contributed by atoms with Gasteiger partial charge in [0.25, 0.3) is 10.0 Å². The number of nitrogens with zero attached hydrogens (tertiary/aromatic N) is 4. The van der Waals surface area contributed by atoms with E-state index in [1.165, 1.54) is 16.1 Å². The molecule has 6 nitrogen and oxygen atoms in total. The van der Waals surface area contributed by atoms with Gasteiger partial charge in [0.05, 0.1) is 27.2 Å². The number of imidazole rings is 1. The molecule has 0 N–H and O–H groups in total. The summed E-state index contributed by atoms with van der Waals surface area (Å²) in [5, 5.41) is 5.34. The Balaban J connectivity index is 1.66. The zero-order valence-corrected chi connectivity index (χ0v) is 21.4. The van der Waals surface area contributed by atoms with E-state index >= 15 is 0 Å². The van der Waals surface area contributed by atoms with Crippen molar-refractivity contribution in [3.05, 3.63) is 120 Å². The second kappa shape index (κ2) is 9.03. The molecule has 6 rings (SSSR count). The van der Waals surface area contributed by atoms with Crippen LogP contribution in [0.25, 0.3) is 39.4 Å². The van der Waals surface area contributed by atoms with Gasteiger partial charge in [-0.15, -0.1) is 0 Å². The van der Waals surface area contributed by atoms with E-state index in [4.69, 9.17) is 21.7 Å². The third-order valence-electron chi connectivity index (χ3n) is 6.17. The number of hydrogen-bond donors (Lipinski definition) is 0. The van der Waals surface area contributed by atoms with E-state index in [1.807, 2.05) is 73.8 Å². The second-order valence-corrected chi connectivity index (χ2v) is 10.9. The third kappa shape index (κ3) is 4.12. The molecule has 0 bridgehead atoms. The Morgan fingerprint density at radius 1 is 0.784 bits per heavy atom. The summed E-state index contributed by atoms with van der Waals surface area (Å²) in [5.41, 5.74) is 5.11. The van der Waals surface area contributed by atoms with Crippen molar-refractivity contribution in [3.8, 4) is 28.3 Å². The van der Waals surface area contributed by atoms with Crippen LogP contribution in [-0.4, -0.2) is 27.2 Å².